The van der Waals surface area contributed by atoms with Crippen molar-refractivity contribution >= 4 is 11.3 Å². The predicted molar refractivity (Wildman–Crippen MR) is 67.8 cm³/mol. The normalized spacial score (nSPS) is 10.6. The third kappa shape index (κ3) is 3.54. The van der Waals surface area contributed by atoms with E-state index < -0.39 is 0 Å². The quantitative estimate of drug-likeness (QED) is 0.787. The van der Waals surface area contributed by atoms with E-state index in [0.29, 0.717) is 0 Å². The molecule has 0 aliphatic rings. The van der Waals surface area contributed by atoms with Gasteiger partial charge in [-0.25, -0.2) is 0 Å². The second-order valence-electron chi connectivity index (χ2n) is 3.63. The minimum atomic E-state index is 0.908. The van der Waals surface area contributed by atoms with Crippen LogP contribution in [0.25, 0.3) is 10.6 Å². The second kappa shape index (κ2) is 6.36. The second-order valence-corrected chi connectivity index (χ2v) is 4.69. The smallest absolute Gasteiger partial charge is 0.149 e. The molecule has 2 aromatic rings. The highest BCUT2D eigenvalue weighted by Crippen LogP contribution is 2.21. The third-order valence-corrected chi connectivity index (χ3v) is 3.27. The molecule has 2 heterocycles. The molecule has 0 unspecified atom stereocenters. The molecule has 5 nitrogen and oxygen atoms in total. The van der Waals surface area contributed by atoms with Crippen molar-refractivity contribution in [2.45, 2.75) is 19.8 Å². The van der Waals surface area contributed by atoms with E-state index in [2.05, 4.69) is 32.6 Å². The van der Waals surface area contributed by atoms with Crippen LogP contribution in [0.4, 0.5) is 0 Å². The molecule has 0 aromatic carbocycles. The van der Waals surface area contributed by atoms with Gasteiger partial charge in [0.15, 0.2) is 0 Å². The maximum atomic E-state index is 4.17. The first-order valence-corrected chi connectivity index (χ1v) is 6.52. The summed E-state index contributed by atoms with van der Waals surface area (Å²) < 4.78 is 0. The number of hydrogen-bond acceptors (Lipinski definition) is 6. The lowest BCUT2D eigenvalue weighted by Gasteiger charge is -1.98. The number of aromatic nitrogens is 4. The molecule has 0 radical (unpaired) electrons. The number of nitrogens with zero attached hydrogens (tertiary/aromatic N) is 4. The average molecular weight is 249 g/mol. The average Bonchev–Trinajstić information content (AvgIpc) is 2.85. The molecule has 1 N–H and O–H groups in total. The van der Waals surface area contributed by atoms with E-state index in [1.54, 1.807) is 23.7 Å². The van der Waals surface area contributed by atoms with Gasteiger partial charge in [-0.15, -0.1) is 10.2 Å². The van der Waals surface area contributed by atoms with E-state index in [1.165, 1.54) is 0 Å². The monoisotopic (exact) mass is 249 g/mol. The molecule has 2 rings (SSSR count). The first-order valence-electron chi connectivity index (χ1n) is 5.70. The molecule has 0 saturated carbocycles. The number of hydrogen-bond donors (Lipinski definition) is 1. The fraction of sp³-hybridized carbons (Fsp3) is 0.455. The Balaban J connectivity index is 1.92. The summed E-state index contributed by atoms with van der Waals surface area (Å²) >= 11 is 1.61. The van der Waals surface area contributed by atoms with E-state index in [0.717, 1.165) is 41.5 Å². The predicted octanol–water partition coefficient (Wildman–Crippen LogP) is 1.54. The topological polar surface area (TPSA) is 63.6 Å². The van der Waals surface area contributed by atoms with Gasteiger partial charge in [0.1, 0.15) is 10.0 Å². The standard InChI is InChI=1S/C11H15N5S/c1-2-5-12-6-4-10-15-16-11(17-10)9-3-7-13-14-8-9/h3,7-8,12H,2,4-6H2,1H3. The Morgan fingerprint density at radius 3 is 2.94 bits per heavy atom. The minimum Gasteiger partial charge on any atom is -0.316 e. The summed E-state index contributed by atoms with van der Waals surface area (Å²) in [5.74, 6) is 0. The SMILES string of the molecule is CCCNCCc1nnc(-c2ccnnc2)s1. The van der Waals surface area contributed by atoms with Gasteiger partial charge < -0.3 is 5.32 Å². The molecule has 0 fully saturated rings. The summed E-state index contributed by atoms with van der Waals surface area (Å²) in [7, 11) is 0. The summed E-state index contributed by atoms with van der Waals surface area (Å²) in [4.78, 5) is 0. The number of nitrogens with one attached hydrogen (secondary N) is 1. The Hall–Kier alpha value is -1.40. The van der Waals surface area contributed by atoms with E-state index in [1.807, 2.05) is 6.07 Å². The maximum Gasteiger partial charge on any atom is 0.149 e. The lowest BCUT2D eigenvalue weighted by Crippen LogP contribution is -2.17. The molecule has 6 heteroatoms. The Kier molecular flexibility index (Phi) is 4.52. The first kappa shape index (κ1) is 12.1. The van der Waals surface area contributed by atoms with Gasteiger partial charge >= 0.3 is 0 Å². The highest BCUT2D eigenvalue weighted by Gasteiger charge is 2.06. The van der Waals surface area contributed by atoms with Crippen LogP contribution in [-0.4, -0.2) is 33.5 Å². The molecule has 0 atom stereocenters. The minimum absolute atomic E-state index is 0.908. The van der Waals surface area contributed by atoms with Crippen molar-refractivity contribution in [1.82, 2.24) is 25.7 Å². The molecule has 0 amide bonds. The molecule has 2 aromatic heterocycles. The molecule has 0 spiro atoms. The highest BCUT2D eigenvalue weighted by molar-refractivity contribution is 7.14. The molecule has 0 aliphatic heterocycles. The van der Waals surface area contributed by atoms with Crippen LogP contribution >= 0.6 is 11.3 Å². The van der Waals surface area contributed by atoms with Crippen molar-refractivity contribution < 1.29 is 0 Å². The fourth-order valence-electron chi connectivity index (χ4n) is 1.39. The molecule has 0 aliphatic carbocycles. The molecule has 90 valence electrons. The molecule has 17 heavy (non-hydrogen) atoms. The Bertz CT molecular complexity index is 442. The molecular weight excluding hydrogens is 234 g/mol. The van der Waals surface area contributed by atoms with Crippen LogP contribution in [0.3, 0.4) is 0 Å². The van der Waals surface area contributed by atoms with Crippen LogP contribution in [-0.2, 0) is 6.42 Å². The van der Waals surface area contributed by atoms with Crippen molar-refractivity contribution in [3.63, 3.8) is 0 Å². The van der Waals surface area contributed by atoms with E-state index in [-0.39, 0.29) is 0 Å². The molecule has 0 bridgehead atoms. The van der Waals surface area contributed by atoms with Crippen molar-refractivity contribution in [3.05, 3.63) is 23.5 Å². The Morgan fingerprint density at radius 2 is 2.18 bits per heavy atom. The Morgan fingerprint density at radius 1 is 1.24 bits per heavy atom. The molecular formula is C11H15N5S. The van der Waals surface area contributed by atoms with Gasteiger partial charge in [-0.3, -0.25) is 0 Å². The van der Waals surface area contributed by atoms with Crippen molar-refractivity contribution in [2.24, 2.45) is 0 Å². The fourth-order valence-corrected chi connectivity index (χ4v) is 2.21. The van der Waals surface area contributed by atoms with E-state index in [4.69, 9.17) is 0 Å². The highest BCUT2D eigenvalue weighted by atomic mass is 32.1. The zero-order valence-corrected chi connectivity index (χ0v) is 10.6. The van der Waals surface area contributed by atoms with Crippen LogP contribution in [0.5, 0.6) is 0 Å². The zero-order valence-electron chi connectivity index (χ0n) is 9.76. The summed E-state index contributed by atoms with van der Waals surface area (Å²) in [6, 6.07) is 1.90. The van der Waals surface area contributed by atoms with Crippen LogP contribution in [0.1, 0.15) is 18.4 Å². The summed E-state index contributed by atoms with van der Waals surface area (Å²) in [5.41, 5.74) is 0.977. The third-order valence-electron chi connectivity index (χ3n) is 2.24. The summed E-state index contributed by atoms with van der Waals surface area (Å²) in [6.45, 7) is 4.17. The van der Waals surface area contributed by atoms with Crippen LogP contribution < -0.4 is 5.32 Å². The first-order chi connectivity index (χ1) is 8.40. The lowest BCUT2D eigenvalue weighted by atomic mass is 10.3. The Labute approximate surface area is 104 Å². The van der Waals surface area contributed by atoms with Gasteiger partial charge in [-0.05, 0) is 19.0 Å². The van der Waals surface area contributed by atoms with Gasteiger partial charge in [0.05, 0.1) is 12.4 Å². The molecule has 0 saturated heterocycles. The van der Waals surface area contributed by atoms with Crippen molar-refractivity contribution in [3.8, 4) is 10.6 Å². The number of rotatable bonds is 6. The lowest BCUT2D eigenvalue weighted by molar-refractivity contribution is 0.668. The van der Waals surface area contributed by atoms with Gasteiger partial charge in [0.25, 0.3) is 0 Å². The van der Waals surface area contributed by atoms with Gasteiger partial charge in [0.2, 0.25) is 0 Å². The van der Waals surface area contributed by atoms with Gasteiger partial charge in [-0.1, -0.05) is 18.3 Å². The maximum absolute atomic E-state index is 4.17. The van der Waals surface area contributed by atoms with Gasteiger partial charge in [0, 0.05) is 18.5 Å². The van der Waals surface area contributed by atoms with Crippen molar-refractivity contribution in [2.75, 3.05) is 13.1 Å². The van der Waals surface area contributed by atoms with Gasteiger partial charge in [-0.2, -0.15) is 10.2 Å². The largest absolute Gasteiger partial charge is 0.316 e. The van der Waals surface area contributed by atoms with Crippen LogP contribution in [0, 0.1) is 0 Å². The van der Waals surface area contributed by atoms with E-state index >= 15 is 0 Å². The summed E-state index contributed by atoms with van der Waals surface area (Å²) in [6.07, 6.45) is 5.46. The zero-order chi connectivity index (χ0) is 11.9. The summed E-state index contributed by atoms with van der Waals surface area (Å²) in [5, 5.41) is 21.2. The van der Waals surface area contributed by atoms with Crippen molar-refractivity contribution in [1.29, 1.82) is 0 Å². The van der Waals surface area contributed by atoms with Crippen LogP contribution in [0.15, 0.2) is 18.5 Å². The van der Waals surface area contributed by atoms with E-state index in [9.17, 15) is 0 Å². The van der Waals surface area contributed by atoms with Crippen LogP contribution in [0.2, 0.25) is 0 Å².